The molecule has 0 atom stereocenters. The van der Waals surface area contributed by atoms with Crippen molar-refractivity contribution in [1.29, 1.82) is 0 Å². The highest BCUT2D eigenvalue weighted by molar-refractivity contribution is 5.46. The van der Waals surface area contributed by atoms with E-state index >= 15 is 0 Å². The second-order valence-electron chi connectivity index (χ2n) is 4.62. The molecule has 1 rings (SSSR count). The molecule has 0 aromatic heterocycles. The molecule has 0 unspecified atom stereocenters. The van der Waals surface area contributed by atoms with Crippen LogP contribution < -0.4 is 9.47 Å². The monoisotopic (exact) mass is 383 g/mol. The Hall–Kier alpha value is -2.34. The molecule has 25 heavy (non-hydrogen) atoms. The predicted octanol–water partition coefficient (Wildman–Crippen LogP) is 4.15. The molecule has 0 saturated heterocycles. The molecular formula is C12H9F8NO4. The number of halogens is 8. The standard InChI is InChI=1S/C12H9F8NO4/c13-9(14)11(17,18)4-24-7-1-6(21(22)23)2-8(3-7)25-5-12(19,20)10(15)16/h1-3,9-10H,4-5H2. The molecule has 1 aromatic carbocycles. The Balaban J connectivity index is 2.96. The number of nitrogens with zero attached hydrogens (tertiary/aromatic N) is 1. The van der Waals surface area contributed by atoms with Crippen molar-refractivity contribution in [1.82, 2.24) is 0 Å². The molecule has 0 heterocycles. The van der Waals surface area contributed by atoms with Gasteiger partial charge in [0.15, 0.2) is 13.2 Å². The summed E-state index contributed by atoms with van der Waals surface area (Å²) in [6, 6.07) is 1.66. The lowest BCUT2D eigenvalue weighted by Crippen LogP contribution is -2.34. The lowest BCUT2D eigenvalue weighted by molar-refractivity contribution is -0.385. The summed E-state index contributed by atoms with van der Waals surface area (Å²) in [5, 5.41) is 10.7. The van der Waals surface area contributed by atoms with Gasteiger partial charge in [-0.25, -0.2) is 17.6 Å². The average Bonchev–Trinajstić information content (AvgIpc) is 2.50. The number of alkyl halides is 8. The van der Waals surface area contributed by atoms with Crippen LogP contribution in [0.15, 0.2) is 18.2 Å². The number of nitro groups is 1. The van der Waals surface area contributed by atoms with Crippen molar-refractivity contribution in [2.75, 3.05) is 13.2 Å². The van der Waals surface area contributed by atoms with Gasteiger partial charge in [0.05, 0.1) is 17.1 Å². The Bertz CT molecular complexity index is 569. The van der Waals surface area contributed by atoms with Gasteiger partial charge >= 0.3 is 24.7 Å². The fourth-order valence-electron chi connectivity index (χ4n) is 1.31. The minimum atomic E-state index is -4.58. The lowest BCUT2D eigenvalue weighted by atomic mass is 10.2. The molecular weight excluding hydrogens is 374 g/mol. The van der Waals surface area contributed by atoms with Gasteiger partial charge in [0.1, 0.15) is 11.5 Å². The number of hydrogen-bond acceptors (Lipinski definition) is 4. The minimum absolute atomic E-state index is 0.541. The molecule has 0 amide bonds. The normalized spacial score (nSPS) is 12.6. The summed E-state index contributed by atoms with van der Waals surface area (Å²) in [6.45, 7) is -3.73. The molecule has 0 radical (unpaired) electrons. The second-order valence-corrected chi connectivity index (χ2v) is 4.62. The highest BCUT2D eigenvalue weighted by atomic mass is 19.3. The van der Waals surface area contributed by atoms with Crippen LogP contribution in [-0.4, -0.2) is 42.8 Å². The predicted molar refractivity (Wildman–Crippen MR) is 66.0 cm³/mol. The molecule has 0 aliphatic heterocycles. The number of non-ortho nitro benzene ring substituents is 1. The largest absolute Gasteiger partial charge is 0.487 e. The van der Waals surface area contributed by atoms with Crippen molar-refractivity contribution >= 4 is 5.69 Å². The first kappa shape index (κ1) is 20.7. The molecule has 0 fully saturated rings. The van der Waals surface area contributed by atoms with Crippen LogP contribution in [0.4, 0.5) is 40.8 Å². The van der Waals surface area contributed by atoms with E-state index in [9.17, 15) is 45.2 Å². The second kappa shape index (κ2) is 7.70. The van der Waals surface area contributed by atoms with Gasteiger partial charge in [0, 0.05) is 6.07 Å². The fraction of sp³-hybridized carbons (Fsp3) is 0.500. The van der Waals surface area contributed by atoms with Crippen LogP contribution in [0.3, 0.4) is 0 Å². The third kappa shape index (κ3) is 5.90. The van der Waals surface area contributed by atoms with Gasteiger partial charge in [-0.05, 0) is 0 Å². The smallest absolute Gasteiger partial charge is 0.340 e. The number of hydrogen-bond donors (Lipinski definition) is 0. The van der Waals surface area contributed by atoms with Crippen molar-refractivity contribution in [3.05, 3.63) is 28.3 Å². The summed E-state index contributed by atoms with van der Waals surface area (Å²) < 4.78 is 108. The van der Waals surface area contributed by atoms with E-state index < -0.39 is 60.0 Å². The van der Waals surface area contributed by atoms with Crippen LogP contribution >= 0.6 is 0 Å². The van der Waals surface area contributed by atoms with E-state index in [-0.39, 0.29) is 0 Å². The molecule has 0 spiro atoms. The zero-order valence-corrected chi connectivity index (χ0v) is 11.9. The van der Waals surface area contributed by atoms with Crippen LogP contribution in [0, 0.1) is 10.1 Å². The van der Waals surface area contributed by atoms with Gasteiger partial charge < -0.3 is 9.47 Å². The molecule has 13 heteroatoms. The van der Waals surface area contributed by atoms with E-state index in [2.05, 4.69) is 9.47 Å². The quantitative estimate of drug-likeness (QED) is 0.365. The zero-order chi connectivity index (χ0) is 19.4. The van der Waals surface area contributed by atoms with E-state index in [0.717, 1.165) is 0 Å². The van der Waals surface area contributed by atoms with Gasteiger partial charge in [-0.15, -0.1) is 0 Å². The van der Waals surface area contributed by atoms with E-state index in [0.29, 0.717) is 18.2 Å². The summed E-state index contributed by atoms with van der Waals surface area (Å²) in [4.78, 5) is 9.60. The van der Waals surface area contributed by atoms with Crippen LogP contribution in [0.2, 0.25) is 0 Å². The van der Waals surface area contributed by atoms with Crippen LogP contribution in [0.5, 0.6) is 11.5 Å². The Morgan fingerprint density at radius 3 is 1.52 bits per heavy atom. The maximum absolute atomic E-state index is 12.8. The van der Waals surface area contributed by atoms with Crippen molar-refractivity contribution in [2.24, 2.45) is 0 Å². The SMILES string of the molecule is O=[N+]([O-])c1cc(OCC(F)(F)C(F)F)cc(OCC(F)(F)C(F)F)c1. The third-order valence-electron chi connectivity index (χ3n) is 2.58. The molecule has 0 aliphatic rings. The van der Waals surface area contributed by atoms with Crippen LogP contribution in [-0.2, 0) is 0 Å². The van der Waals surface area contributed by atoms with E-state index in [1.807, 2.05) is 0 Å². The summed E-state index contributed by atoms with van der Waals surface area (Å²) >= 11 is 0. The van der Waals surface area contributed by atoms with Gasteiger partial charge in [-0.2, -0.15) is 17.6 Å². The van der Waals surface area contributed by atoms with Crippen LogP contribution in [0.1, 0.15) is 0 Å². The average molecular weight is 383 g/mol. The Morgan fingerprint density at radius 2 is 1.24 bits per heavy atom. The zero-order valence-electron chi connectivity index (χ0n) is 11.9. The highest BCUT2D eigenvalue weighted by Crippen LogP contribution is 2.31. The molecule has 0 saturated carbocycles. The van der Waals surface area contributed by atoms with Gasteiger partial charge in [-0.1, -0.05) is 0 Å². The van der Waals surface area contributed by atoms with Gasteiger partial charge in [0.25, 0.3) is 5.69 Å². The Kier molecular flexibility index (Phi) is 6.37. The van der Waals surface area contributed by atoms with E-state index in [4.69, 9.17) is 0 Å². The molecule has 142 valence electrons. The van der Waals surface area contributed by atoms with Crippen molar-refractivity contribution < 1.29 is 49.5 Å². The Labute approximate surface area is 134 Å². The maximum Gasteiger partial charge on any atom is 0.340 e. The number of nitro benzene ring substituents is 1. The van der Waals surface area contributed by atoms with Gasteiger partial charge in [-0.3, -0.25) is 10.1 Å². The molecule has 5 nitrogen and oxygen atoms in total. The maximum atomic E-state index is 12.8. The van der Waals surface area contributed by atoms with E-state index in [1.54, 1.807) is 0 Å². The first-order valence-electron chi connectivity index (χ1n) is 6.22. The molecule has 0 N–H and O–H groups in total. The first-order chi connectivity index (χ1) is 11.3. The number of ether oxygens (including phenoxy) is 2. The lowest BCUT2D eigenvalue weighted by Gasteiger charge is -2.18. The summed E-state index contributed by atoms with van der Waals surface area (Å²) in [5.41, 5.74) is -0.881. The first-order valence-corrected chi connectivity index (χ1v) is 6.22. The highest BCUT2D eigenvalue weighted by Gasteiger charge is 2.42. The van der Waals surface area contributed by atoms with Crippen LogP contribution in [0.25, 0.3) is 0 Å². The molecule has 0 aliphatic carbocycles. The fourth-order valence-corrected chi connectivity index (χ4v) is 1.31. The van der Waals surface area contributed by atoms with Crippen molar-refractivity contribution in [3.8, 4) is 11.5 Å². The molecule has 1 aromatic rings. The number of rotatable bonds is 9. The summed E-state index contributed by atoms with van der Waals surface area (Å²) in [7, 11) is 0. The van der Waals surface area contributed by atoms with E-state index in [1.165, 1.54) is 0 Å². The number of benzene rings is 1. The van der Waals surface area contributed by atoms with Crippen molar-refractivity contribution in [2.45, 2.75) is 24.7 Å². The van der Waals surface area contributed by atoms with Crippen molar-refractivity contribution in [3.63, 3.8) is 0 Å². The minimum Gasteiger partial charge on any atom is -0.487 e. The van der Waals surface area contributed by atoms with Gasteiger partial charge in [0.2, 0.25) is 0 Å². The Morgan fingerprint density at radius 1 is 0.880 bits per heavy atom. The summed E-state index contributed by atoms with van der Waals surface area (Å²) in [6.07, 6.45) is -8.15. The third-order valence-corrected chi connectivity index (χ3v) is 2.58. The summed E-state index contributed by atoms with van der Waals surface area (Å²) in [5.74, 6) is -10.7. The topological polar surface area (TPSA) is 61.6 Å². The molecule has 0 bridgehead atoms.